The average molecular weight is 306 g/mol. The van der Waals surface area contributed by atoms with Crippen LogP contribution in [0.4, 0.5) is 11.4 Å². The Labute approximate surface area is 124 Å². The molecule has 3 N–H and O–H groups in total. The van der Waals surface area contributed by atoms with Gasteiger partial charge in [0, 0.05) is 18.5 Å². The van der Waals surface area contributed by atoms with Gasteiger partial charge in [0.1, 0.15) is 12.4 Å². The number of anilines is 2. The van der Waals surface area contributed by atoms with Gasteiger partial charge in [-0.1, -0.05) is 12.1 Å². The van der Waals surface area contributed by atoms with Crippen LogP contribution in [0.15, 0.2) is 53.4 Å². The molecule has 2 rings (SSSR count). The van der Waals surface area contributed by atoms with Gasteiger partial charge in [-0.25, -0.2) is 8.42 Å². The summed E-state index contributed by atoms with van der Waals surface area (Å²) in [6.45, 7) is 0.922. The van der Waals surface area contributed by atoms with E-state index in [0.29, 0.717) is 18.8 Å². The van der Waals surface area contributed by atoms with Crippen molar-refractivity contribution in [3.63, 3.8) is 0 Å². The topological polar surface area (TPSA) is 81.4 Å². The van der Waals surface area contributed by atoms with Crippen molar-refractivity contribution >= 4 is 21.2 Å². The number of ether oxygens (including phenoxy) is 1. The first-order valence-corrected chi connectivity index (χ1v) is 8.39. The molecular weight excluding hydrogens is 288 g/mol. The third kappa shape index (κ3) is 4.21. The van der Waals surface area contributed by atoms with Gasteiger partial charge >= 0.3 is 0 Å². The SMILES string of the molecule is CS(=O)(=O)c1ccccc1Nc1ccc(OCCN)cc1. The molecule has 0 aliphatic heterocycles. The minimum atomic E-state index is -3.27. The highest BCUT2D eigenvalue weighted by atomic mass is 32.2. The van der Waals surface area contributed by atoms with Crippen LogP contribution < -0.4 is 15.8 Å². The summed E-state index contributed by atoms with van der Waals surface area (Å²) in [4.78, 5) is 0.272. The van der Waals surface area contributed by atoms with Gasteiger partial charge in [0.2, 0.25) is 0 Å². The average Bonchev–Trinajstić information content (AvgIpc) is 2.46. The maximum atomic E-state index is 11.7. The van der Waals surface area contributed by atoms with Crippen LogP contribution in [0.3, 0.4) is 0 Å². The molecule has 0 unspecified atom stereocenters. The molecule has 0 aliphatic carbocycles. The zero-order valence-corrected chi connectivity index (χ0v) is 12.6. The Balaban J connectivity index is 2.19. The largest absolute Gasteiger partial charge is 0.492 e. The Morgan fingerprint density at radius 3 is 2.38 bits per heavy atom. The number of para-hydroxylation sites is 1. The molecular formula is C15H18N2O3S. The zero-order valence-electron chi connectivity index (χ0n) is 11.7. The fourth-order valence-electron chi connectivity index (χ4n) is 1.86. The predicted octanol–water partition coefficient (Wildman–Crippen LogP) is 2.17. The number of benzene rings is 2. The third-order valence-electron chi connectivity index (χ3n) is 2.81. The van der Waals surface area contributed by atoms with E-state index in [-0.39, 0.29) is 4.90 Å². The highest BCUT2D eigenvalue weighted by Crippen LogP contribution is 2.25. The monoisotopic (exact) mass is 306 g/mol. The molecule has 0 fully saturated rings. The van der Waals surface area contributed by atoms with Crippen LogP contribution in [0.5, 0.6) is 5.75 Å². The van der Waals surface area contributed by atoms with Crippen LogP contribution in [0.1, 0.15) is 0 Å². The van der Waals surface area contributed by atoms with Crippen molar-refractivity contribution in [2.75, 3.05) is 24.7 Å². The van der Waals surface area contributed by atoms with E-state index in [4.69, 9.17) is 10.5 Å². The van der Waals surface area contributed by atoms with Crippen molar-refractivity contribution in [2.45, 2.75) is 4.90 Å². The lowest BCUT2D eigenvalue weighted by Gasteiger charge is -2.11. The smallest absolute Gasteiger partial charge is 0.177 e. The second-order valence-corrected chi connectivity index (χ2v) is 6.54. The van der Waals surface area contributed by atoms with Crippen LogP contribution in [-0.4, -0.2) is 27.8 Å². The first-order chi connectivity index (χ1) is 10.0. The predicted molar refractivity (Wildman–Crippen MR) is 83.8 cm³/mol. The van der Waals surface area contributed by atoms with Gasteiger partial charge in [-0.05, 0) is 36.4 Å². The molecule has 0 saturated carbocycles. The minimum absolute atomic E-state index is 0.272. The van der Waals surface area contributed by atoms with Crippen molar-refractivity contribution in [3.05, 3.63) is 48.5 Å². The molecule has 2 aromatic rings. The second kappa shape index (κ2) is 6.60. The van der Waals surface area contributed by atoms with E-state index in [1.54, 1.807) is 36.4 Å². The summed E-state index contributed by atoms with van der Waals surface area (Å²) in [5, 5.41) is 3.10. The number of hydrogen-bond donors (Lipinski definition) is 2. The summed E-state index contributed by atoms with van der Waals surface area (Å²) in [5.74, 6) is 0.724. The molecule has 0 spiro atoms. The second-order valence-electron chi connectivity index (χ2n) is 4.55. The Bertz CT molecular complexity index is 697. The van der Waals surface area contributed by atoms with E-state index >= 15 is 0 Å². The molecule has 6 heteroatoms. The van der Waals surface area contributed by atoms with E-state index in [1.807, 2.05) is 12.1 Å². The third-order valence-corrected chi connectivity index (χ3v) is 3.96. The molecule has 5 nitrogen and oxygen atoms in total. The zero-order chi connectivity index (χ0) is 15.3. The fourth-order valence-corrected chi connectivity index (χ4v) is 2.70. The van der Waals surface area contributed by atoms with Crippen molar-refractivity contribution in [3.8, 4) is 5.75 Å². The summed E-state index contributed by atoms with van der Waals surface area (Å²) < 4.78 is 28.9. The lowest BCUT2D eigenvalue weighted by molar-refractivity contribution is 0.328. The van der Waals surface area contributed by atoms with E-state index < -0.39 is 9.84 Å². The first-order valence-electron chi connectivity index (χ1n) is 6.50. The van der Waals surface area contributed by atoms with Crippen molar-refractivity contribution in [1.29, 1.82) is 0 Å². The van der Waals surface area contributed by atoms with E-state index in [1.165, 1.54) is 6.26 Å². The number of rotatable bonds is 6. The standard InChI is InChI=1S/C15H18N2O3S/c1-21(18,19)15-5-3-2-4-14(15)17-12-6-8-13(9-7-12)20-11-10-16/h2-9,17H,10-11,16H2,1H3. The molecule has 0 aliphatic rings. The van der Waals surface area contributed by atoms with Crippen molar-refractivity contribution in [1.82, 2.24) is 0 Å². The van der Waals surface area contributed by atoms with E-state index in [2.05, 4.69) is 5.32 Å². The van der Waals surface area contributed by atoms with Crippen LogP contribution in [0.25, 0.3) is 0 Å². The van der Waals surface area contributed by atoms with Crippen molar-refractivity contribution < 1.29 is 13.2 Å². The highest BCUT2D eigenvalue weighted by Gasteiger charge is 2.12. The highest BCUT2D eigenvalue weighted by molar-refractivity contribution is 7.90. The molecule has 0 saturated heterocycles. The van der Waals surface area contributed by atoms with Gasteiger partial charge in [-0.2, -0.15) is 0 Å². The molecule has 0 atom stereocenters. The Hall–Kier alpha value is -2.05. The molecule has 112 valence electrons. The lowest BCUT2D eigenvalue weighted by Crippen LogP contribution is -2.10. The summed E-state index contributed by atoms with van der Waals surface area (Å²) >= 11 is 0. The van der Waals surface area contributed by atoms with Crippen LogP contribution >= 0.6 is 0 Å². The molecule has 0 radical (unpaired) electrons. The maximum absolute atomic E-state index is 11.7. The number of sulfone groups is 1. The first kappa shape index (κ1) is 15.3. The minimum Gasteiger partial charge on any atom is -0.492 e. The van der Waals surface area contributed by atoms with Crippen LogP contribution in [0.2, 0.25) is 0 Å². The normalized spacial score (nSPS) is 11.1. The molecule has 0 aromatic heterocycles. The fraction of sp³-hybridized carbons (Fsp3) is 0.200. The quantitative estimate of drug-likeness (QED) is 0.855. The summed E-state index contributed by atoms with van der Waals surface area (Å²) in [7, 11) is -3.27. The van der Waals surface area contributed by atoms with E-state index in [0.717, 1.165) is 11.4 Å². The van der Waals surface area contributed by atoms with Crippen molar-refractivity contribution in [2.24, 2.45) is 5.73 Å². The summed E-state index contributed by atoms with van der Waals surface area (Å²) in [6.07, 6.45) is 1.19. The van der Waals surface area contributed by atoms with Gasteiger partial charge < -0.3 is 15.8 Å². The van der Waals surface area contributed by atoms with Gasteiger partial charge in [0.05, 0.1) is 10.6 Å². The van der Waals surface area contributed by atoms with Crippen LogP contribution in [-0.2, 0) is 9.84 Å². The molecule has 0 amide bonds. The Morgan fingerprint density at radius 2 is 1.76 bits per heavy atom. The Morgan fingerprint density at radius 1 is 1.10 bits per heavy atom. The van der Waals surface area contributed by atoms with Gasteiger partial charge in [0.15, 0.2) is 9.84 Å². The maximum Gasteiger partial charge on any atom is 0.177 e. The van der Waals surface area contributed by atoms with Gasteiger partial charge in [0.25, 0.3) is 0 Å². The molecule has 0 bridgehead atoms. The number of nitrogens with one attached hydrogen (secondary N) is 1. The van der Waals surface area contributed by atoms with Gasteiger partial charge in [-0.3, -0.25) is 0 Å². The summed E-state index contributed by atoms with van der Waals surface area (Å²) in [6, 6.07) is 14.1. The molecule has 21 heavy (non-hydrogen) atoms. The number of hydrogen-bond acceptors (Lipinski definition) is 5. The Kier molecular flexibility index (Phi) is 4.82. The summed E-state index contributed by atoms with van der Waals surface area (Å²) in [5.41, 5.74) is 6.71. The number of nitrogens with two attached hydrogens (primary N) is 1. The lowest BCUT2D eigenvalue weighted by atomic mass is 10.2. The van der Waals surface area contributed by atoms with Crippen LogP contribution in [0, 0.1) is 0 Å². The van der Waals surface area contributed by atoms with E-state index in [9.17, 15) is 8.42 Å². The van der Waals surface area contributed by atoms with Gasteiger partial charge in [-0.15, -0.1) is 0 Å². The molecule has 0 heterocycles. The molecule has 2 aromatic carbocycles.